The number of aryl methyl sites for hydroxylation is 2. The van der Waals surface area contributed by atoms with E-state index in [1.807, 2.05) is 11.3 Å². The van der Waals surface area contributed by atoms with E-state index in [4.69, 9.17) is 0 Å². The van der Waals surface area contributed by atoms with Gasteiger partial charge in [-0.1, -0.05) is 45.0 Å². The van der Waals surface area contributed by atoms with E-state index < -0.39 is 0 Å². The molecule has 1 aromatic heterocycles. The Balaban J connectivity index is 2.56. The van der Waals surface area contributed by atoms with E-state index in [1.165, 1.54) is 26.4 Å². The molecule has 0 saturated heterocycles. The maximum absolute atomic E-state index is 3.51. The highest BCUT2D eigenvalue weighted by molar-refractivity contribution is 7.12. The quantitative estimate of drug-likeness (QED) is 0.840. The van der Waals surface area contributed by atoms with Gasteiger partial charge in [0.25, 0.3) is 0 Å². The Morgan fingerprint density at radius 3 is 2.25 bits per heavy atom. The molecule has 1 aromatic carbocycles. The monoisotopic (exact) mass is 287 g/mol. The normalized spacial score (nSPS) is 13.5. The van der Waals surface area contributed by atoms with Gasteiger partial charge in [0.1, 0.15) is 0 Å². The lowest BCUT2D eigenvalue weighted by Gasteiger charge is -2.27. The third-order valence-corrected chi connectivity index (χ3v) is 4.93. The van der Waals surface area contributed by atoms with Gasteiger partial charge >= 0.3 is 0 Å². The third-order valence-electron chi connectivity index (χ3n) is 3.71. The van der Waals surface area contributed by atoms with Gasteiger partial charge in [0.15, 0.2) is 0 Å². The van der Waals surface area contributed by atoms with Crippen molar-refractivity contribution in [2.24, 2.45) is 0 Å². The topological polar surface area (TPSA) is 12.0 Å². The summed E-state index contributed by atoms with van der Waals surface area (Å²) in [5.41, 5.74) is 4.36. The average molecular weight is 287 g/mol. The van der Waals surface area contributed by atoms with Crippen molar-refractivity contribution in [3.8, 4) is 0 Å². The predicted molar refractivity (Wildman–Crippen MR) is 89.8 cm³/mol. The van der Waals surface area contributed by atoms with E-state index in [0.717, 1.165) is 0 Å². The summed E-state index contributed by atoms with van der Waals surface area (Å²) >= 11 is 1.90. The van der Waals surface area contributed by atoms with Gasteiger partial charge in [-0.15, -0.1) is 11.3 Å². The Labute approximate surface area is 127 Å². The van der Waals surface area contributed by atoms with Gasteiger partial charge in [-0.05, 0) is 49.1 Å². The fourth-order valence-electron chi connectivity index (χ4n) is 2.81. The molecule has 0 saturated carbocycles. The van der Waals surface area contributed by atoms with Crippen LogP contribution in [0.4, 0.5) is 0 Å². The van der Waals surface area contributed by atoms with E-state index in [2.05, 4.69) is 77.3 Å². The second-order valence-corrected chi connectivity index (χ2v) is 7.75. The highest BCUT2D eigenvalue weighted by atomic mass is 32.1. The largest absolute Gasteiger partial charge is 0.309 e. The number of rotatable bonds is 3. The Bertz CT molecular complexity index is 590. The molecule has 0 fully saturated rings. The zero-order valence-corrected chi connectivity index (χ0v) is 14.2. The van der Waals surface area contributed by atoms with Gasteiger partial charge in [-0.25, -0.2) is 0 Å². The van der Waals surface area contributed by atoms with Crippen LogP contribution in [-0.2, 0) is 5.41 Å². The molecule has 1 heterocycles. The number of hydrogen-bond donors (Lipinski definition) is 1. The molecule has 1 atom stereocenters. The van der Waals surface area contributed by atoms with Gasteiger partial charge < -0.3 is 5.32 Å². The summed E-state index contributed by atoms with van der Waals surface area (Å²) in [5, 5.41) is 3.51. The minimum atomic E-state index is 0.159. The van der Waals surface area contributed by atoms with Crippen LogP contribution in [0.3, 0.4) is 0 Å². The molecule has 0 spiro atoms. The van der Waals surface area contributed by atoms with Crippen molar-refractivity contribution in [2.75, 3.05) is 7.05 Å². The summed E-state index contributed by atoms with van der Waals surface area (Å²) < 4.78 is 0. The van der Waals surface area contributed by atoms with Crippen molar-refractivity contribution in [2.45, 2.75) is 46.1 Å². The molecule has 108 valence electrons. The van der Waals surface area contributed by atoms with Crippen LogP contribution in [0.1, 0.15) is 53.3 Å². The van der Waals surface area contributed by atoms with Gasteiger partial charge in [0.2, 0.25) is 0 Å². The van der Waals surface area contributed by atoms with Crippen LogP contribution < -0.4 is 5.32 Å². The maximum Gasteiger partial charge on any atom is 0.0674 e. The minimum absolute atomic E-state index is 0.159. The molecule has 0 radical (unpaired) electrons. The van der Waals surface area contributed by atoms with E-state index >= 15 is 0 Å². The molecule has 1 N–H and O–H groups in total. The first-order chi connectivity index (χ1) is 9.34. The van der Waals surface area contributed by atoms with E-state index in [-0.39, 0.29) is 11.5 Å². The minimum Gasteiger partial charge on any atom is -0.309 e. The Morgan fingerprint density at radius 2 is 1.75 bits per heavy atom. The Morgan fingerprint density at radius 1 is 1.10 bits per heavy atom. The van der Waals surface area contributed by atoms with Crippen molar-refractivity contribution in [1.29, 1.82) is 0 Å². The van der Waals surface area contributed by atoms with Crippen LogP contribution in [0.5, 0.6) is 0 Å². The molecular formula is C18H25NS. The molecule has 1 unspecified atom stereocenters. The van der Waals surface area contributed by atoms with E-state index in [9.17, 15) is 0 Å². The average Bonchev–Trinajstić information content (AvgIpc) is 2.69. The summed E-state index contributed by atoms with van der Waals surface area (Å²) in [6.07, 6.45) is 0. The lowest BCUT2D eigenvalue weighted by molar-refractivity contribution is 0.568. The highest BCUT2D eigenvalue weighted by Crippen LogP contribution is 2.36. The van der Waals surface area contributed by atoms with Crippen molar-refractivity contribution in [3.63, 3.8) is 0 Å². The van der Waals surface area contributed by atoms with Crippen molar-refractivity contribution in [1.82, 2.24) is 5.32 Å². The second kappa shape index (κ2) is 5.71. The molecule has 0 aliphatic carbocycles. The summed E-state index contributed by atoms with van der Waals surface area (Å²) in [6.45, 7) is 11.2. The van der Waals surface area contributed by atoms with Gasteiger partial charge in [0, 0.05) is 9.75 Å². The molecular weight excluding hydrogens is 262 g/mol. The van der Waals surface area contributed by atoms with Crippen molar-refractivity contribution >= 4 is 11.3 Å². The Kier molecular flexibility index (Phi) is 4.36. The second-order valence-electron chi connectivity index (χ2n) is 6.46. The fraction of sp³-hybridized carbons (Fsp3) is 0.444. The predicted octanol–water partition coefficient (Wildman–Crippen LogP) is 4.97. The van der Waals surface area contributed by atoms with Gasteiger partial charge in [-0.2, -0.15) is 0 Å². The molecule has 2 rings (SSSR count). The van der Waals surface area contributed by atoms with Crippen LogP contribution >= 0.6 is 11.3 Å². The molecule has 0 bridgehead atoms. The smallest absolute Gasteiger partial charge is 0.0674 e. The number of thiophene rings is 1. The van der Waals surface area contributed by atoms with Crippen molar-refractivity contribution in [3.05, 3.63) is 56.8 Å². The van der Waals surface area contributed by atoms with Crippen molar-refractivity contribution < 1.29 is 0 Å². The number of nitrogens with one attached hydrogen (secondary N) is 1. The third kappa shape index (κ3) is 2.97. The Hall–Kier alpha value is -1.12. The van der Waals surface area contributed by atoms with Crippen LogP contribution in [0, 0.1) is 13.8 Å². The van der Waals surface area contributed by atoms with E-state index in [0.29, 0.717) is 0 Å². The van der Waals surface area contributed by atoms with Crippen LogP contribution in [0.15, 0.2) is 30.3 Å². The molecule has 2 aromatic rings. The molecule has 20 heavy (non-hydrogen) atoms. The summed E-state index contributed by atoms with van der Waals surface area (Å²) in [5.74, 6) is 0. The zero-order chi connectivity index (χ0) is 14.9. The van der Waals surface area contributed by atoms with Gasteiger partial charge in [-0.3, -0.25) is 0 Å². The lowest BCUT2D eigenvalue weighted by atomic mass is 9.81. The molecule has 0 amide bonds. The van der Waals surface area contributed by atoms with Crippen LogP contribution in [0.2, 0.25) is 0 Å². The number of hydrogen-bond acceptors (Lipinski definition) is 2. The molecule has 0 aliphatic heterocycles. The summed E-state index contributed by atoms with van der Waals surface area (Å²) in [7, 11) is 2.05. The maximum atomic E-state index is 3.51. The molecule has 0 aliphatic rings. The van der Waals surface area contributed by atoms with Crippen LogP contribution in [0.25, 0.3) is 0 Å². The first-order valence-corrected chi connectivity index (χ1v) is 8.00. The number of benzene rings is 1. The first kappa shape index (κ1) is 15.3. The van der Waals surface area contributed by atoms with Crippen LogP contribution in [-0.4, -0.2) is 7.05 Å². The van der Waals surface area contributed by atoms with Gasteiger partial charge in [0.05, 0.1) is 6.04 Å². The lowest BCUT2D eigenvalue weighted by Crippen LogP contribution is -2.23. The SMILES string of the molecule is CNC(c1ccccc1C(C)(C)C)c1sc(C)cc1C. The highest BCUT2D eigenvalue weighted by Gasteiger charge is 2.24. The molecule has 2 heteroatoms. The standard InChI is InChI=1S/C18H25NS/c1-12-11-13(2)20-17(12)16(19-6)14-9-7-8-10-15(14)18(3,4)5/h7-11,16,19H,1-6H3. The summed E-state index contributed by atoms with van der Waals surface area (Å²) in [6, 6.07) is 11.4. The summed E-state index contributed by atoms with van der Waals surface area (Å²) in [4.78, 5) is 2.81. The first-order valence-electron chi connectivity index (χ1n) is 7.18. The molecule has 1 nitrogen and oxygen atoms in total. The fourth-order valence-corrected chi connectivity index (χ4v) is 3.97. The zero-order valence-electron chi connectivity index (χ0n) is 13.4. The van der Waals surface area contributed by atoms with E-state index in [1.54, 1.807) is 0 Å².